The molecule has 6 nitrogen and oxygen atoms in total. The highest BCUT2D eigenvalue weighted by molar-refractivity contribution is 7.91. The third-order valence-corrected chi connectivity index (χ3v) is 6.08. The molecule has 2 unspecified atom stereocenters. The summed E-state index contributed by atoms with van der Waals surface area (Å²) in [7, 11) is -2.91. The van der Waals surface area contributed by atoms with Crippen LogP contribution in [0.15, 0.2) is 0 Å². The smallest absolute Gasteiger partial charge is 0.410 e. The van der Waals surface area contributed by atoms with Crippen LogP contribution in [0, 0.1) is 0 Å². The van der Waals surface area contributed by atoms with Crippen molar-refractivity contribution in [1.29, 1.82) is 0 Å². The predicted octanol–water partition coefficient (Wildman–Crippen LogP) is 1.94. The Balaban J connectivity index is 1.93. The molecule has 2 rings (SSSR count). The maximum Gasteiger partial charge on any atom is 0.410 e. The van der Waals surface area contributed by atoms with Crippen molar-refractivity contribution in [3.05, 3.63) is 0 Å². The minimum atomic E-state index is -2.91. The number of hydrogen-bond donors (Lipinski definition) is 1. The molecule has 0 aliphatic carbocycles. The molecule has 2 fully saturated rings. The second-order valence-electron chi connectivity index (χ2n) is 7.74. The summed E-state index contributed by atoms with van der Waals surface area (Å²) in [6.07, 6.45) is 4.31. The Morgan fingerprint density at radius 2 is 1.83 bits per heavy atom. The SMILES string of the molecule is CC(C)(C)OC(=O)N1CCCCC(NC2CCCS(=O)(=O)C2)C1. The average Bonchev–Trinajstić information content (AvgIpc) is 2.61. The largest absolute Gasteiger partial charge is 0.444 e. The van der Waals surface area contributed by atoms with Crippen molar-refractivity contribution in [2.24, 2.45) is 0 Å². The Bertz CT molecular complexity index is 513. The number of amides is 1. The van der Waals surface area contributed by atoms with E-state index in [0.717, 1.165) is 32.1 Å². The van der Waals surface area contributed by atoms with Crippen molar-refractivity contribution < 1.29 is 17.9 Å². The van der Waals surface area contributed by atoms with E-state index in [1.165, 1.54) is 0 Å². The second kappa shape index (κ2) is 7.38. The minimum absolute atomic E-state index is 0.0114. The van der Waals surface area contributed by atoms with Crippen molar-refractivity contribution >= 4 is 15.9 Å². The van der Waals surface area contributed by atoms with Gasteiger partial charge in [-0.15, -0.1) is 0 Å². The minimum Gasteiger partial charge on any atom is -0.444 e. The van der Waals surface area contributed by atoms with Gasteiger partial charge in [-0.05, 0) is 46.5 Å². The molecule has 7 heteroatoms. The van der Waals surface area contributed by atoms with Crippen LogP contribution in [0.5, 0.6) is 0 Å². The van der Waals surface area contributed by atoms with Gasteiger partial charge in [0, 0.05) is 25.2 Å². The van der Waals surface area contributed by atoms with Gasteiger partial charge in [0.1, 0.15) is 5.60 Å². The normalized spacial score (nSPS) is 28.9. The summed E-state index contributed by atoms with van der Waals surface area (Å²) >= 11 is 0. The summed E-state index contributed by atoms with van der Waals surface area (Å²) in [4.78, 5) is 14.0. The Hall–Kier alpha value is -0.820. The number of ether oxygens (including phenoxy) is 1. The first-order valence-electron chi connectivity index (χ1n) is 8.59. The predicted molar refractivity (Wildman–Crippen MR) is 90.3 cm³/mol. The Morgan fingerprint density at radius 3 is 2.48 bits per heavy atom. The molecule has 0 saturated carbocycles. The molecule has 0 aromatic carbocycles. The highest BCUT2D eigenvalue weighted by Crippen LogP contribution is 2.18. The molecular weight excluding hydrogens is 316 g/mol. The van der Waals surface area contributed by atoms with E-state index >= 15 is 0 Å². The average molecular weight is 346 g/mol. The molecule has 2 saturated heterocycles. The lowest BCUT2D eigenvalue weighted by Crippen LogP contribution is -2.50. The maximum absolute atomic E-state index is 12.3. The van der Waals surface area contributed by atoms with E-state index in [-0.39, 0.29) is 23.9 Å². The van der Waals surface area contributed by atoms with Crippen molar-refractivity contribution in [3.8, 4) is 0 Å². The first-order valence-corrected chi connectivity index (χ1v) is 10.4. The molecular formula is C16H30N2O4S. The molecule has 2 aliphatic rings. The molecule has 2 aliphatic heterocycles. The zero-order valence-electron chi connectivity index (χ0n) is 14.5. The quantitative estimate of drug-likeness (QED) is 0.827. The topological polar surface area (TPSA) is 75.7 Å². The van der Waals surface area contributed by atoms with E-state index in [2.05, 4.69) is 5.32 Å². The lowest BCUT2D eigenvalue weighted by atomic mass is 10.1. The van der Waals surface area contributed by atoms with E-state index in [1.807, 2.05) is 20.8 Å². The fraction of sp³-hybridized carbons (Fsp3) is 0.938. The summed E-state index contributed by atoms with van der Waals surface area (Å²) < 4.78 is 29.0. The molecule has 0 aromatic heterocycles. The summed E-state index contributed by atoms with van der Waals surface area (Å²) in [5.74, 6) is 0.524. The van der Waals surface area contributed by atoms with Gasteiger partial charge in [-0.2, -0.15) is 0 Å². The van der Waals surface area contributed by atoms with Crippen molar-refractivity contribution in [2.45, 2.75) is 70.6 Å². The van der Waals surface area contributed by atoms with Crippen LogP contribution < -0.4 is 5.32 Å². The maximum atomic E-state index is 12.3. The van der Waals surface area contributed by atoms with Crippen LogP contribution in [0.4, 0.5) is 4.79 Å². The monoisotopic (exact) mass is 346 g/mol. The van der Waals surface area contributed by atoms with Crippen LogP contribution in [0.25, 0.3) is 0 Å². The fourth-order valence-electron chi connectivity index (χ4n) is 3.26. The zero-order chi connectivity index (χ0) is 17.1. The molecule has 2 atom stereocenters. The number of carbonyl (C=O) groups excluding carboxylic acids is 1. The van der Waals surface area contributed by atoms with E-state index in [9.17, 15) is 13.2 Å². The van der Waals surface area contributed by atoms with E-state index < -0.39 is 15.4 Å². The van der Waals surface area contributed by atoms with Crippen molar-refractivity contribution in [1.82, 2.24) is 10.2 Å². The number of sulfone groups is 1. The van der Waals surface area contributed by atoms with Crippen LogP contribution in [-0.2, 0) is 14.6 Å². The third kappa shape index (κ3) is 6.30. The zero-order valence-corrected chi connectivity index (χ0v) is 15.3. The van der Waals surface area contributed by atoms with Gasteiger partial charge in [-0.3, -0.25) is 0 Å². The number of hydrogen-bond acceptors (Lipinski definition) is 5. The molecule has 2 heterocycles. The standard InChI is InChI=1S/C16H30N2O4S/c1-16(2,3)22-15(19)18-9-5-4-7-13(11-18)17-14-8-6-10-23(20,21)12-14/h13-14,17H,4-12H2,1-3H3. The fourth-order valence-corrected chi connectivity index (χ4v) is 4.91. The lowest BCUT2D eigenvalue weighted by Gasteiger charge is -2.31. The number of likely N-dealkylation sites (tertiary alicyclic amines) is 1. The van der Waals surface area contributed by atoms with Crippen molar-refractivity contribution in [2.75, 3.05) is 24.6 Å². The van der Waals surface area contributed by atoms with Gasteiger partial charge in [0.05, 0.1) is 11.5 Å². The number of nitrogens with one attached hydrogen (secondary N) is 1. The highest BCUT2D eigenvalue weighted by Gasteiger charge is 2.30. The molecule has 134 valence electrons. The van der Waals surface area contributed by atoms with Gasteiger partial charge >= 0.3 is 6.09 Å². The van der Waals surface area contributed by atoms with Gasteiger partial charge in [0.15, 0.2) is 9.84 Å². The van der Waals surface area contributed by atoms with E-state index in [4.69, 9.17) is 4.74 Å². The van der Waals surface area contributed by atoms with Gasteiger partial charge in [0.25, 0.3) is 0 Å². The van der Waals surface area contributed by atoms with Crippen LogP contribution in [0.3, 0.4) is 0 Å². The number of carbonyl (C=O) groups is 1. The summed E-state index contributed by atoms with van der Waals surface area (Å²) in [5, 5.41) is 3.47. The molecule has 0 aromatic rings. The van der Waals surface area contributed by atoms with Gasteiger partial charge < -0.3 is 15.0 Å². The number of nitrogens with zero attached hydrogens (tertiary/aromatic N) is 1. The first-order chi connectivity index (χ1) is 10.6. The molecule has 23 heavy (non-hydrogen) atoms. The molecule has 0 spiro atoms. The second-order valence-corrected chi connectivity index (χ2v) is 9.97. The lowest BCUT2D eigenvalue weighted by molar-refractivity contribution is 0.0242. The summed E-state index contributed by atoms with van der Waals surface area (Å²) in [6.45, 7) is 6.89. The molecule has 1 amide bonds. The van der Waals surface area contributed by atoms with Crippen molar-refractivity contribution in [3.63, 3.8) is 0 Å². The molecule has 1 N–H and O–H groups in total. The Morgan fingerprint density at radius 1 is 1.13 bits per heavy atom. The highest BCUT2D eigenvalue weighted by atomic mass is 32.2. The first kappa shape index (κ1) is 18.5. The summed E-state index contributed by atoms with van der Waals surface area (Å²) in [5.41, 5.74) is -0.496. The van der Waals surface area contributed by atoms with Crippen LogP contribution in [0.1, 0.15) is 52.9 Å². The van der Waals surface area contributed by atoms with Crippen LogP contribution in [-0.4, -0.2) is 61.7 Å². The third-order valence-electron chi connectivity index (χ3n) is 4.26. The van der Waals surface area contributed by atoms with Crippen LogP contribution in [0.2, 0.25) is 0 Å². The Kier molecular flexibility index (Phi) is 5.94. The van der Waals surface area contributed by atoms with Gasteiger partial charge in [0.2, 0.25) is 0 Å². The van der Waals surface area contributed by atoms with Gasteiger partial charge in [-0.25, -0.2) is 13.2 Å². The Labute approximate surface area is 139 Å². The van der Waals surface area contributed by atoms with E-state index in [0.29, 0.717) is 18.8 Å². The molecule has 0 radical (unpaired) electrons. The number of rotatable bonds is 2. The molecule has 0 bridgehead atoms. The van der Waals surface area contributed by atoms with E-state index in [1.54, 1.807) is 4.90 Å². The van der Waals surface area contributed by atoms with Crippen LogP contribution >= 0.6 is 0 Å². The van der Waals surface area contributed by atoms with Gasteiger partial charge in [-0.1, -0.05) is 6.42 Å². The summed E-state index contributed by atoms with van der Waals surface area (Å²) in [6, 6.07) is 0.153.